The molecule has 1 atom stereocenters. The van der Waals surface area contributed by atoms with Crippen LogP contribution in [0.3, 0.4) is 0 Å². The molecule has 0 saturated carbocycles. The summed E-state index contributed by atoms with van der Waals surface area (Å²) >= 11 is 1.53. The van der Waals surface area contributed by atoms with Gasteiger partial charge in [0, 0.05) is 23.1 Å². The van der Waals surface area contributed by atoms with Gasteiger partial charge < -0.3 is 14.1 Å². The summed E-state index contributed by atoms with van der Waals surface area (Å²) < 4.78 is 11.2. The summed E-state index contributed by atoms with van der Waals surface area (Å²) in [7, 11) is 1.80. The first-order chi connectivity index (χ1) is 11.6. The SMILES string of the molecule is CC(c1ccco1)N(C)C(=O)c1cc2c(s1)-c1ccccc1OC2. The van der Waals surface area contributed by atoms with E-state index >= 15 is 0 Å². The van der Waals surface area contributed by atoms with E-state index in [4.69, 9.17) is 9.15 Å². The maximum Gasteiger partial charge on any atom is 0.264 e. The van der Waals surface area contributed by atoms with E-state index in [0.29, 0.717) is 6.61 Å². The first-order valence-electron chi connectivity index (χ1n) is 7.80. The molecular weight excluding hydrogens is 322 g/mol. The Kier molecular flexibility index (Phi) is 3.65. The summed E-state index contributed by atoms with van der Waals surface area (Å²) in [5, 5.41) is 0. The molecule has 1 aromatic carbocycles. The number of fused-ring (bicyclic) bond motifs is 3. The number of nitrogens with zero attached hydrogens (tertiary/aromatic N) is 1. The van der Waals surface area contributed by atoms with Gasteiger partial charge in [0.1, 0.15) is 18.1 Å². The van der Waals surface area contributed by atoms with Crippen LogP contribution in [0.1, 0.15) is 34.0 Å². The minimum atomic E-state index is -0.116. The van der Waals surface area contributed by atoms with E-state index in [1.807, 2.05) is 49.4 Å². The number of rotatable bonds is 3. The highest BCUT2D eigenvalue weighted by molar-refractivity contribution is 7.17. The molecule has 1 unspecified atom stereocenters. The van der Waals surface area contributed by atoms with Crippen molar-refractivity contribution in [3.63, 3.8) is 0 Å². The van der Waals surface area contributed by atoms with Gasteiger partial charge in [-0.1, -0.05) is 12.1 Å². The first kappa shape index (κ1) is 15.0. The fourth-order valence-corrected chi connectivity index (χ4v) is 4.05. The second-order valence-corrected chi connectivity index (χ2v) is 6.91. The quantitative estimate of drug-likeness (QED) is 0.692. The molecule has 1 amide bonds. The van der Waals surface area contributed by atoms with Crippen LogP contribution in [0, 0.1) is 0 Å². The molecule has 0 fully saturated rings. The Labute approximate surface area is 144 Å². The number of carbonyl (C=O) groups excluding carboxylic acids is 1. The highest BCUT2D eigenvalue weighted by Gasteiger charge is 2.26. The molecule has 122 valence electrons. The molecule has 4 rings (SSSR count). The number of furan rings is 1. The Bertz CT molecular complexity index is 882. The van der Waals surface area contributed by atoms with Crippen molar-refractivity contribution in [2.24, 2.45) is 0 Å². The van der Waals surface area contributed by atoms with Gasteiger partial charge in [0.2, 0.25) is 0 Å². The molecule has 4 nitrogen and oxygen atoms in total. The van der Waals surface area contributed by atoms with E-state index in [-0.39, 0.29) is 11.9 Å². The van der Waals surface area contributed by atoms with Crippen molar-refractivity contribution in [3.8, 4) is 16.2 Å². The summed E-state index contributed by atoms with van der Waals surface area (Å²) in [6.07, 6.45) is 1.63. The molecule has 0 bridgehead atoms. The average molecular weight is 339 g/mol. The van der Waals surface area contributed by atoms with Crippen LogP contribution in [0.5, 0.6) is 5.75 Å². The molecule has 1 aliphatic heterocycles. The second-order valence-electron chi connectivity index (χ2n) is 5.86. The molecule has 0 radical (unpaired) electrons. The molecular formula is C19H17NO3S. The predicted octanol–water partition coefficient (Wildman–Crippen LogP) is 4.73. The van der Waals surface area contributed by atoms with Gasteiger partial charge in [-0.15, -0.1) is 11.3 Å². The number of ether oxygens (including phenoxy) is 1. The third-order valence-corrected chi connectivity index (χ3v) is 5.59. The zero-order valence-electron chi connectivity index (χ0n) is 13.5. The maximum atomic E-state index is 12.9. The van der Waals surface area contributed by atoms with Gasteiger partial charge in [0.05, 0.1) is 17.2 Å². The van der Waals surface area contributed by atoms with E-state index < -0.39 is 0 Å². The maximum absolute atomic E-state index is 12.9. The van der Waals surface area contributed by atoms with Crippen molar-refractivity contribution in [1.29, 1.82) is 0 Å². The number of carbonyl (C=O) groups is 1. The summed E-state index contributed by atoms with van der Waals surface area (Å²) in [5.74, 6) is 1.65. The Morgan fingerprint density at radius 1 is 1.25 bits per heavy atom. The Morgan fingerprint density at radius 2 is 2.08 bits per heavy atom. The van der Waals surface area contributed by atoms with Gasteiger partial charge in [0.15, 0.2) is 0 Å². The van der Waals surface area contributed by atoms with E-state index in [1.165, 1.54) is 11.3 Å². The molecule has 3 heterocycles. The number of hydrogen-bond acceptors (Lipinski definition) is 4. The first-order valence-corrected chi connectivity index (χ1v) is 8.62. The molecule has 0 aliphatic carbocycles. The minimum Gasteiger partial charge on any atom is -0.488 e. The lowest BCUT2D eigenvalue weighted by molar-refractivity contribution is 0.0731. The molecule has 24 heavy (non-hydrogen) atoms. The zero-order chi connectivity index (χ0) is 16.7. The van der Waals surface area contributed by atoms with Gasteiger partial charge in [-0.25, -0.2) is 0 Å². The van der Waals surface area contributed by atoms with E-state index in [9.17, 15) is 4.79 Å². The lowest BCUT2D eigenvalue weighted by atomic mass is 10.1. The van der Waals surface area contributed by atoms with Crippen molar-refractivity contribution >= 4 is 17.2 Å². The van der Waals surface area contributed by atoms with E-state index in [2.05, 4.69) is 0 Å². The van der Waals surface area contributed by atoms with Gasteiger partial charge in [0.25, 0.3) is 5.91 Å². The number of amides is 1. The van der Waals surface area contributed by atoms with Gasteiger partial charge in [-0.05, 0) is 37.3 Å². The fraction of sp³-hybridized carbons (Fsp3) is 0.211. The van der Waals surface area contributed by atoms with Crippen LogP contribution in [0.2, 0.25) is 0 Å². The van der Waals surface area contributed by atoms with Crippen LogP contribution in [0.25, 0.3) is 10.4 Å². The van der Waals surface area contributed by atoms with Crippen LogP contribution >= 0.6 is 11.3 Å². The van der Waals surface area contributed by atoms with Gasteiger partial charge in [-0.2, -0.15) is 0 Å². The number of para-hydroxylation sites is 1. The standard InChI is InChI=1S/C19H17NO3S/c1-12(15-8-5-9-22-15)20(2)19(21)17-10-13-11-23-16-7-4-3-6-14(16)18(13)24-17/h3-10,12H,11H2,1-2H3. The Hall–Kier alpha value is -2.53. The summed E-state index contributed by atoms with van der Waals surface area (Å²) in [4.78, 5) is 16.4. The van der Waals surface area contributed by atoms with Crippen molar-refractivity contribution in [2.45, 2.75) is 19.6 Å². The van der Waals surface area contributed by atoms with E-state index in [0.717, 1.165) is 32.4 Å². The molecule has 1 aliphatic rings. The molecule has 0 N–H and O–H groups in total. The molecule has 2 aromatic heterocycles. The smallest absolute Gasteiger partial charge is 0.264 e. The Morgan fingerprint density at radius 3 is 2.88 bits per heavy atom. The molecule has 0 spiro atoms. The zero-order valence-corrected chi connectivity index (χ0v) is 14.3. The summed E-state index contributed by atoms with van der Waals surface area (Å²) in [5.41, 5.74) is 2.13. The summed E-state index contributed by atoms with van der Waals surface area (Å²) in [6.45, 7) is 2.47. The lowest BCUT2D eigenvalue weighted by Gasteiger charge is -2.22. The van der Waals surface area contributed by atoms with Crippen molar-refractivity contribution < 1.29 is 13.9 Å². The fourth-order valence-electron chi connectivity index (χ4n) is 2.87. The highest BCUT2D eigenvalue weighted by atomic mass is 32.1. The van der Waals surface area contributed by atoms with Crippen molar-refractivity contribution in [3.05, 3.63) is 64.9 Å². The Balaban J connectivity index is 1.65. The van der Waals surface area contributed by atoms with Crippen LogP contribution in [-0.2, 0) is 6.61 Å². The summed E-state index contributed by atoms with van der Waals surface area (Å²) in [6, 6.07) is 13.5. The van der Waals surface area contributed by atoms with Gasteiger partial charge >= 0.3 is 0 Å². The van der Waals surface area contributed by atoms with Crippen LogP contribution in [-0.4, -0.2) is 17.9 Å². The second kappa shape index (κ2) is 5.83. The number of benzene rings is 1. The molecule has 5 heteroatoms. The van der Waals surface area contributed by atoms with Crippen molar-refractivity contribution in [2.75, 3.05) is 7.05 Å². The third-order valence-electron chi connectivity index (χ3n) is 4.39. The van der Waals surface area contributed by atoms with Crippen LogP contribution in [0.4, 0.5) is 0 Å². The normalized spacial score (nSPS) is 13.6. The highest BCUT2D eigenvalue weighted by Crippen LogP contribution is 2.42. The molecule has 0 saturated heterocycles. The predicted molar refractivity (Wildman–Crippen MR) is 93.3 cm³/mol. The number of thiophene rings is 1. The monoisotopic (exact) mass is 339 g/mol. The van der Waals surface area contributed by atoms with Crippen LogP contribution in [0.15, 0.2) is 53.1 Å². The van der Waals surface area contributed by atoms with E-state index in [1.54, 1.807) is 18.2 Å². The third kappa shape index (κ3) is 2.41. The van der Waals surface area contributed by atoms with Crippen LogP contribution < -0.4 is 4.74 Å². The lowest BCUT2D eigenvalue weighted by Crippen LogP contribution is -2.28. The minimum absolute atomic E-state index is 0.00391. The molecule has 3 aromatic rings. The topological polar surface area (TPSA) is 42.7 Å². The largest absolute Gasteiger partial charge is 0.488 e. The average Bonchev–Trinajstić information content (AvgIpc) is 3.29. The number of hydrogen-bond donors (Lipinski definition) is 0. The van der Waals surface area contributed by atoms with Gasteiger partial charge in [-0.3, -0.25) is 4.79 Å². The van der Waals surface area contributed by atoms with Crippen molar-refractivity contribution in [1.82, 2.24) is 4.90 Å².